The lowest BCUT2D eigenvalue weighted by atomic mass is 10.3. The molecule has 3 heterocycles. The number of para-hydroxylation sites is 2. The van der Waals surface area contributed by atoms with Crippen LogP contribution in [0.1, 0.15) is 20.3 Å². The van der Waals surface area contributed by atoms with Crippen molar-refractivity contribution in [3.63, 3.8) is 0 Å². The molecule has 0 N–H and O–H groups in total. The molecular formula is C16H19N5OS. The van der Waals surface area contributed by atoms with E-state index in [4.69, 9.17) is 0 Å². The number of imidazole rings is 1. The molecule has 23 heavy (non-hydrogen) atoms. The van der Waals surface area contributed by atoms with Crippen LogP contribution in [0, 0.1) is 0 Å². The molecule has 3 aromatic rings. The van der Waals surface area contributed by atoms with Gasteiger partial charge in [-0.05, 0) is 32.4 Å². The summed E-state index contributed by atoms with van der Waals surface area (Å²) in [5.74, 6) is 1.02. The normalized spacial score (nSPS) is 18.9. The van der Waals surface area contributed by atoms with Gasteiger partial charge in [0.15, 0.2) is 5.16 Å². The van der Waals surface area contributed by atoms with Crippen LogP contribution in [0.15, 0.2) is 29.4 Å². The van der Waals surface area contributed by atoms with Gasteiger partial charge in [0.2, 0.25) is 11.7 Å². The standard InChI is InChI=1S/C16H19N5OS/c1-10(2)20-9-8-13(14(20)22)23-16-18-17-15-19(3)11-6-4-5-7-12(11)21(15)16/h4-7,10,13H,8-9H2,1-3H3/t13-/m0/s1. The Morgan fingerprint density at radius 1 is 1.22 bits per heavy atom. The summed E-state index contributed by atoms with van der Waals surface area (Å²) in [4.78, 5) is 14.5. The summed E-state index contributed by atoms with van der Waals surface area (Å²) in [6.07, 6.45) is 0.862. The average Bonchev–Trinajstić information content (AvgIpc) is 3.18. The van der Waals surface area contributed by atoms with Gasteiger partial charge in [-0.15, -0.1) is 10.2 Å². The molecule has 1 aliphatic rings. The van der Waals surface area contributed by atoms with Crippen molar-refractivity contribution < 1.29 is 4.79 Å². The van der Waals surface area contributed by atoms with Crippen LogP contribution in [0.5, 0.6) is 0 Å². The summed E-state index contributed by atoms with van der Waals surface area (Å²) in [5.41, 5.74) is 2.18. The molecule has 1 amide bonds. The van der Waals surface area contributed by atoms with E-state index in [0.29, 0.717) is 0 Å². The lowest BCUT2D eigenvalue weighted by Crippen LogP contribution is -2.34. The van der Waals surface area contributed by atoms with Gasteiger partial charge in [0.1, 0.15) is 0 Å². The number of thioether (sulfide) groups is 1. The van der Waals surface area contributed by atoms with Crippen LogP contribution in [0.25, 0.3) is 16.8 Å². The van der Waals surface area contributed by atoms with E-state index in [1.807, 2.05) is 33.0 Å². The molecule has 4 rings (SSSR count). The van der Waals surface area contributed by atoms with Crippen LogP contribution >= 0.6 is 11.8 Å². The molecule has 120 valence electrons. The number of nitrogens with zero attached hydrogens (tertiary/aromatic N) is 5. The molecule has 1 atom stereocenters. The summed E-state index contributed by atoms with van der Waals surface area (Å²) in [6, 6.07) is 8.41. The fourth-order valence-corrected chi connectivity index (χ4v) is 4.32. The van der Waals surface area contributed by atoms with Crippen molar-refractivity contribution in [1.29, 1.82) is 0 Å². The first-order chi connectivity index (χ1) is 11.1. The highest BCUT2D eigenvalue weighted by Crippen LogP contribution is 2.32. The summed E-state index contributed by atoms with van der Waals surface area (Å²) in [6.45, 7) is 4.95. The molecule has 1 fully saturated rings. The molecule has 6 nitrogen and oxygen atoms in total. The van der Waals surface area contributed by atoms with Crippen LogP contribution in [0.4, 0.5) is 0 Å². The third-order valence-corrected chi connectivity index (χ3v) is 5.66. The fraction of sp³-hybridized carbons (Fsp3) is 0.438. The van der Waals surface area contributed by atoms with Gasteiger partial charge < -0.3 is 9.47 Å². The maximum Gasteiger partial charge on any atom is 0.236 e. The first-order valence-corrected chi connectivity index (χ1v) is 8.71. The second-order valence-corrected chi connectivity index (χ2v) is 7.36. The van der Waals surface area contributed by atoms with Gasteiger partial charge in [0, 0.05) is 19.6 Å². The van der Waals surface area contributed by atoms with Crippen molar-refractivity contribution in [1.82, 2.24) is 24.1 Å². The van der Waals surface area contributed by atoms with Crippen molar-refractivity contribution >= 4 is 34.5 Å². The SMILES string of the molecule is CC(C)N1CC[C@H](Sc2nnc3n(C)c4ccccc4n23)C1=O. The van der Waals surface area contributed by atoms with E-state index < -0.39 is 0 Å². The smallest absolute Gasteiger partial charge is 0.236 e. The lowest BCUT2D eigenvalue weighted by Gasteiger charge is -2.20. The maximum atomic E-state index is 12.5. The fourth-order valence-electron chi connectivity index (χ4n) is 3.24. The highest BCUT2D eigenvalue weighted by atomic mass is 32.2. The van der Waals surface area contributed by atoms with E-state index in [2.05, 4.69) is 36.2 Å². The number of benzene rings is 1. The Labute approximate surface area is 138 Å². The molecule has 1 aliphatic heterocycles. The van der Waals surface area contributed by atoms with Gasteiger partial charge in [-0.3, -0.25) is 9.20 Å². The molecule has 0 spiro atoms. The van der Waals surface area contributed by atoms with E-state index in [1.165, 1.54) is 11.8 Å². The Morgan fingerprint density at radius 2 is 1.96 bits per heavy atom. The van der Waals surface area contributed by atoms with Crippen LogP contribution in [-0.2, 0) is 11.8 Å². The highest BCUT2D eigenvalue weighted by molar-refractivity contribution is 8.00. The second kappa shape index (κ2) is 5.26. The summed E-state index contributed by atoms with van der Waals surface area (Å²) < 4.78 is 4.08. The molecule has 0 unspecified atom stereocenters. The maximum absolute atomic E-state index is 12.5. The zero-order valence-electron chi connectivity index (χ0n) is 13.4. The van der Waals surface area contributed by atoms with E-state index in [-0.39, 0.29) is 17.2 Å². The largest absolute Gasteiger partial charge is 0.339 e. The van der Waals surface area contributed by atoms with Crippen molar-refractivity contribution in [3.05, 3.63) is 24.3 Å². The van der Waals surface area contributed by atoms with Crippen molar-refractivity contribution in [2.45, 2.75) is 36.7 Å². The molecule has 0 saturated carbocycles. The summed E-state index contributed by atoms with van der Waals surface area (Å²) >= 11 is 1.53. The topological polar surface area (TPSA) is 55.4 Å². The number of likely N-dealkylation sites (tertiary alicyclic amines) is 1. The third kappa shape index (κ3) is 2.14. The minimum Gasteiger partial charge on any atom is -0.339 e. The van der Waals surface area contributed by atoms with Gasteiger partial charge in [-0.1, -0.05) is 23.9 Å². The van der Waals surface area contributed by atoms with Crippen LogP contribution in [0.2, 0.25) is 0 Å². The molecule has 0 bridgehead atoms. The number of carbonyl (C=O) groups excluding carboxylic acids is 1. The van der Waals surface area contributed by atoms with E-state index in [1.54, 1.807) is 0 Å². The second-order valence-electron chi connectivity index (χ2n) is 6.19. The van der Waals surface area contributed by atoms with Crippen LogP contribution in [-0.4, -0.2) is 47.8 Å². The molecule has 0 aliphatic carbocycles. The Hall–Kier alpha value is -2.02. The third-order valence-electron chi connectivity index (χ3n) is 4.46. The number of hydrogen-bond donors (Lipinski definition) is 0. The lowest BCUT2D eigenvalue weighted by molar-refractivity contribution is -0.128. The Balaban J connectivity index is 1.73. The number of amides is 1. The Bertz CT molecular complexity index is 897. The molecular weight excluding hydrogens is 310 g/mol. The van der Waals surface area contributed by atoms with Crippen LogP contribution < -0.4 is 0 Å². The van der Waals surface area contributed by atoms with Crippen molar-refractivity contribution in [3.8, 4) is 0 Å². The number of rotatable bonds is 3. The minimum absolute atomic E-state index is 0.0660. The molecule has 2 aromatic heterocycles. The monoisotopic (exact) mass is 329 g/mol. The van der Waals surface area contributed by atoms with Crippen molar-refractivity contribution in [2.24, 2.45) is 7.05 Å². The average molecular weight is 329 g/mol. The van der Waals surface area contributed by atoms with E-state index in [0.717, 1.165) is 34.9 Å². The first kappa shape index (κ1) is 14.6. The van der Waals surface area contributed by atoms with Gasteiger partial charge >= 0.3 is 0 Å². The van der Waals surface area contributed by atoms with E-state index >= 15 is 0 Å². The first-order valence-electron chi connectivity index (χ1n) is 7.83. The Morgan fingerprint density at radius 3 is 2.65 bits per heavy atom. The van der Waals surface area contributed by atoms with E-state index in [9.17, 15) is 4.79 Å². The van der Waals surface area contributed by atoms with Gasteiger partial charge in [-0.25, -0.2) is 0 Å². The minimum atomic E-state index is -0.0660. The number of carbonyl (C=O) groups is 1. The Kier molecular flexibility index (Phi) is 3.33. The number of aromatic nitrogens is 4. The summed E-state index contributed by atoms with van der Waals surface area (Å²) in [5, 5.41) is 9.35. The van der Waals surface area contributed by atoms with Crippen molar-refractivity contribution in [2.75, 3.05) is 6.54 Å². The number of fused-ring (bicyclic) bond motifs is 3. The predicted molar refractivity (Wildman–Crippen MR) is 90.6 cm³/mol. The molecule has 1 aromatic carbocycles. The van der Waals surface area contributed by atoms with Gasteiger partial charge in [0.25, 0.3) is 0 Å². The zero-order valence-corrected chi connectivity index (χ0v) is 14.2. The molecule has 1 saturated heterocycles. The zero-order chi connectivity index (χ0) is 16.1. The van der Waals surface area contributed by atoms with Gasteiger partial charge in [-0.2, -0.15) is 0 Å². The summed E-state index contributed by atoms with van der Waals surface area (Å²) in [7, 11) is 1.99. The van der Waals surface area contributed by atoms with Gasteiger partial charge in [0.05, 0.1) is 16.3 Å². The quantitative estimate of drug-likeness (QED) is 0.740. The highest BCUT2D eigenvalue weighted by Gasteiger charge is 2.35. The predicted octanol–water partition coefficient (Wildman–Crippen LogP) is 2.32. The van der Waals surface area contributed by atoms with Crippen LogP contribution in [0.3, 0.4) is 0 Å². The molecule has 0 radical (unpaired) electrons. The molecule has 7 heteroatoms. The number of hydrogen-bond acceptors (Lipinski definition) is 4. The number of aryl methyl sites for hydroxylation is 1.